The van der Waals surface area contributed by atoms with Gasteiger partial charge in [0.25, 0.3) is 0 Å². The van der Waals surface area contributed by atoms with E-state index in [4.69, 9.17) is 33.4 Å². The summed E-state index contributed by atoms with van der Waals surface area (Å²) in [5, 5.41) is 18.0. The van der Waals surface area contributed by atoms with Gasteiger partial charge in [-0.1, -0.05) is 0 Å². The van der Waals surface area contributed by atoms with Crippen molar-refractivity contribution in [3.63, 3.8) is 0 Å². The van der Waals surface area contributed by atoms with Crippen LogP contribution in [-0.4, -0.2) is 60.2 Å². The number of hydrogen-bond donors (Lipinski definition) is 2. The second-order valence-electron chi connectivity index (χ2n) is 3.51. The number of rotatable bonds is 7. The summed E-state index contributed by atoms with van der Waals surface area (Å²) in [6.07, 6.45) is 0. The van der Waals surface area contributed by atoms with Crippen LogP contribution < -0.4 is 0 Å². The number of carbonyl (C=O) groups is 2. The molecular formula is C8H12Cl2O4Se2. The Labute approximate surface area is 115 Å². The number of aliphatic carboxylic acids is 2. The van der Waals surface area contributed by atoms with Crippen molar-refractivity contribution in [2.75, 3.05) is 11.8 Å². The molecule has 0 aromatic heterocycles. The van der Waals surface area contributed by atoms with Gasteiger partial charge in [0.1, 0.15) is 0 Å². The molecule has 0 radical (unpaired) electrons. The van der Waals surface area contributed by atoms with Gasteiger partial charge in [-0.05, 0) is 0 Å². The average Bonchev–Trinajstić information content (AvgIpc) is 2.24. The van der Waals surface area contributed by atoms with Crippen molar-refractivity contribution in [2.24, 2.45) is 0 Å². The fourth-order valence-electron chi connectivity index (χ4n) is 0.414. The molecule has 94 valence electrons. The van der Waals surface area contributed by atoms with Crippen molar-refractivity contribution >= 4 is 61.4 Å². The van der Waals surface area contributed by atoms with E-state index in [2.05, 4.69) is 0 Å². The zero-order chi connectivity index (χ0) is 13.0. The Kier molecular flexibility index (Phi) is 6.71. The maximum atomic E-state index is 11.0. The van der Waals surface area contributed by atoms with E-state index in [-0.39, 0.29) is 38.0 Å². The van der Waals surface area contributed by atoms with Gasteiger partial charge >= 0.3 is 115 Å². The Hall–Kier alpha value is 0.559. The fourth-order valence-corrected chi connectivity index (χ4v) is 10.8. The summed E-state index contributed by atoms with van der Waals surface area (Å²) in [6, 6.07) is 0. The molecule has 0 aromatic rings. The van der Waals surface area contributed by atoms with Crippen LogP contribution in [-0.2, 0) is 9.59 Å². The third-order valence-electron chi connectivity index (χ3n) is 1.82. The van der Waals surface area contributed by atoms with Crippen LogP contribution in [0.1, 0.15) is 13.8 Å². The molecule has 2 N–H and O–H groups in total. The van der Waals surface area contributed by atoms with E-state index in [1.54, 1.807) is 13.8 Å². The van der Waals surface area contributed by atoms with Crippen LogP contribution in [0.15, 0.2) is 0 Å². The molecule has 0 rings (SSSR count). The van der Waals surface area contributed by atoms with Crippen molar-refractivity contribution < 1.29 is 19.8 Å². The van der Waals surface area contributed by atoms with Crippen molar-refractivity contribution in [1.29, 1.82) is 0 Å². The van der Waals surface area contributed by atoms with Gasteiger partial charge < -0.3 is 0 Å². The molecule has 0 fully saturated rings. The Morgan fingerprint density at radius 1 is 1.00 bits per heavy atom. The van der Waals surface area contributed by atoms with Crippen LogP contribution in [0, 0.1) is 0 Å². The summed E-state index contributed by atoms with van der Waals surface area (Å²) < 4.78 is -2.03. The summed E-state index contributed by atoms with van der Waals surface area (Å²) in [5.41, 5.74) is 0. The number of carboxylic acid groups (broad SMARTS) is 2. The third-order valence-corrected chi connectivity index (χ3v) is 15.6. The molecule has 0 heterocycles. The van der Waals surface area contributed by atoms with Gasteiger partial charge in [0, 0.05) is 0 Å². The Morgan fingerprint density at radius 3 is 1.38 bits per heavy atom. The maximum absolute atomic E-state index is 11.0. The van der Waals surface area contributed by atoms with Crippen LogP contribution in [0.25, 0.3) is 0 Å². The Balaban J connectivity index is 4.64. The third kappa shape index (κ3) is 4.10. The molecule has 0 aliphatic rings. The van der Waals surface area contributed by atoms with Crippen molar-refractivity contribution in [3.8, 4) is 0 Å². The molecule has 0 spiro atoms. The molecule has 4 nitrogen and oxygen atoms in total. The van der Waals surface area contributed by atoms with Gasteiger partial charge in [-0.3, -0.25) is 0 Å². The summed E-state index contributed by atoms with van der Waals surface area (Å²) in [5.74, 6) is -1.98. The first-order chi connectivity index (χ1) is 7.22. The zero-order valence-electron chi connectivity index (χ0n) is 8.70. The van der Waals surface area contributed by atoms with Gasteiger partial charge in [0.2, 0.25) is 0 Å². The molecule has 0 saturated heterocycles. The zero-order valence-corrected chi connectivity index (χ0v) is 13.6. The monoisotopic (exact) mass is 402 g/mol. The van der Waals surface area contributed by atoms with E-state index in [0.717, 1.165) is 0 Å². The predicted molar refractivity (Wildman–Crippen MR) is 65.0 cm³/mol. The molecule has 0 aliphatic carbocycles. The minimum absolute atomic E-state index is 0.0118. The number of alkyl halides is 2. The quantitative estimate of drug-likeness (QED) is 0.499. The van der Waals surface area contributed by atoms with E-state index in [0.29, 0.717) is 0 Å². The first kappa shape index (κ1) is 16.6. The van der Waals surface area contributed by atoms with Gasteiger partial charge in [-0.25, -0.2) is 0 Å². The number of hydrogen-bond acceptors (Lipinski definition) is 2. The second kappa shape index (κ2) is 6.48. The van der Waals surface area contributed by atoms with E-state index in [9.17, 15) is 9.59 Å². The standard InChI is InChI=1S/C8H12Cl2O4Se2/c1-7(3-9,5(11)12)15-16-8(2,4-10)6(13)14/h3-4H2,1-2H3,(H,11,12)(H,13,14). The molecule has 0 saturated carbocycles. The van der Waals surface area contributed by atoms with E-state index < -0.39 is 20.6 Å². The second-order valence-corrected chi connectivity index (χ2v) is 12.2. The van der Waals surface area contributed by atoms with Crippen LogP contribution in [0.5, 0.6) is 0 Å². The normalized spacial score (nSPS) is 18.5. The van der Waals surface area contributed by atoms with E-state index in [1.165, 1.54) is 0 Å². The Morgan fingerprint density at radius 2 is 1.25 bits per heavy atom. The van der Waals surface area contributed by atoms with Gasteiger partial charge in [0.05, 0.1) is 0 Å². The topological polar surface area (TPSA) is 74.6 Å². The molecule has 8 heteroatoms. The van der Waals surface area contributed by atoms with Crippen LogP contribution in [0.4, 0.5) is 0 Å². The molecule has 2 atom stereocenters. The summed E-state index contributed by atoms with van der Waals surface area (Å²) in [6.45, 7) is 3.08. The van der Waals surface area contributed by atoms with Gasteiger partial charge in [-0.15, -0.1) is 0 Å². The van der Waals surface area contributed by atoms with E-state index in [1.807, 2.05) is 0 Å². The van der Waals surface area contributed by atoms with E-state index >= 15 is 0 Å². The van der Waals surface area contributed by atoms with Crippen LogP contribution >= 0.6 is 23.2 Å². The summed E-state index contributed by atoms with van der Waals surface area (Å²) in [4.78, 5) is 22.0. The van der Waals surface area contributed by atoms with Crippen LogP contribution in [0.3, 0.4) is 0 Å². The predicted octanol–water partition coefficient (Wildman–Crippen LogP) is 1.31. The summed E-state index contributed by atoms with van der Waals surface area (Å²) in [7, 11) is 0. The van der Waals surface area contributed by atoms with Gasteiger partial charge in [-0.2, -0.15) is 0 Å². The number of halogens is 2. The van der Waals surface area contributed by atoms with Gasteiger partial charge in [0.15, 0.2) is 0 Å². The first-order valence-electron chi connectivity index (χ1n) is 4.17. The summed E-state index contributed by atoms with van der Waals surface area (Å²) >= 11 is 10.5. The van der Waals surface area contributed by atoms with Crippen LogP contribution in [0.2, 0.25) is 8.63 Å². The SMILES string of the molecule is CC(CCl)([Se][Se]C(C)(CCl)C(=O)O)C(=O)O. The molecule has 0 aromatic carbocycles. The average molecular weight is 401 g/mol. The minimum atomic E-state index is -1.02. The van der Waals surface area contributed by atoms with Crippen molar-refractivity contribution in [3.05, 3.63) is 0 Å². The van der Waals surface area contributed by atoms with Crippen molar-refractivity contribution in [2.45, 2.75) is 22.5 Å². The first-order valence-corrected chi connectivity index (χ1v) is 11.3. The Bertz CT molecular complexity index is 261. The molecule has 0 aliphatic heterocycles. The molecular weight excluding hydrogens is 389 g/mol. The molecule has 0 bridgehead atoms. The number of carboxylic acids is 2. The fraction of sp³-hybridized carbons (Fsp3) is 0.750. The molecule has 0 amide bonds. The molecule has 2 unspecified atom stereocenters. The molecule has 16 heavy (non-hydrogen) atoms. The van der Waals surface area contributed by atoms with Crippen molar-refractivity contribution in [1.82, 2.24) is 0 Å².